The van der Waals surface area contributed by atoms with Gasteiger partial charge < -0.3 is 10.6 Å². The maximum Gasteiger partial charge on any atom is 0.151 e. The van der Waals surface area contributed by atoms with Crippen LogP contribution < -0.4 is 10.6 Å². The van der Waals surface area contributed by atoms with Crippen LogP contribution in [0.3, 0.4) is 0 Å². The minimum atomic E-state index is 0.288. The molecule has 1 aliphatic heterocycles. The SMILES string of the molecule is CC(C)c1ccc(N2CCC(N)C2)nn1. The van der Waals surface area contributed by atoms with Gasteiger partial charge in [0.2, 0.25) is 0 Å². The lowest BCUT2D eigenvalue weighted by atomic mass is 10.1. The van der Waals surface area contributed by atoms with Crippen molar-refractivity contribution >= 4 is 5.82 Å². The lowest BCUT2D eigenvalue weighted by molar-refractivity contribution is 0.747. The predicted molar refractivity (Wildman–Crippen MR) is 60.9 cm³/mol. The van der Waals surface area contributed by atoms with Crippen molar-refractivity contribution in [2.45, 2.75) is 32.2 Å². The van der Waals surface area contributed by atoms with Crippen LogP contribution in [0.2, 0.25) is 0 Å². The van der Waals surface area contributed by atoms with Crippen molar-refractivity contribution in [3.63, 3.8) is 0 Å². The number of aromatic nitrogens is 2. The Morgan fingerprint density at radius 1 is 1.40 bits per heavy atom. The standard InChI is InChI=1S/C11H18N4/c1-8(2)10-3-4-11(14-13-10)15-6-5-9(12)7-15/h3-4,8-9H,5-7,12H2,1-2H3. The summed E-state index contributed by atoms with van der Waals surface area (Å²) in [5.74, 6) is 1.39. The molecule has 1 aromatic heterocycles. The summed E-state index contributed by atoms with van der Waals surface area (Å²) < 4.78 is 0. The van der Waals surface area contributed by atoms with Crippen LogP contribution in [0.25, 0.3) is 0 Å². The smallest absolute Gasteiger partial charge is 0.151 e. The first kappa shape index (κ1) is 10.4. The van der Waals surface area contributed by atoms with E-state index in [0.717, 1.165) is 31.0 Å². The molecule has 1 fully saturated rings. The zero-order valence-electron chi connectivity index (χ0n) is 9.35. The molecule has 2 rings (SSSR count). The average Bonchev–Trinajstić information content (AvgIpc) is 2.65. The second-order valence-corrected chi connectivity index (χ2v) is 4.47. The molecule has 1 aromatic rings. The van der Waals surface area contributed by atoms with E-state index in [9.17, 15) is 0 Å². The van der Waals surface area contributed by atoms with E-state index in [-0.39, 0.29) is 6.04 Å². The van der Waals surface area contributed by atoms with E-state index in [1.54, 1.807) is 0 Å². The largest absolute Gasteiger partial charge is 0.354 e. The number of nitrogens with zero attached hydrogens (tertiary/aromatic N) is 3. The van der Waals surface area contributed by atoms with Crippen LogP contribution in [0.15, 0.2) is 12.1 Å². The molecule has 1 aliphatic rings. The Morgan fingerprint density at radius 2 is 2.20 bits per heavy atom. The van der Waals surface area contributed by atoms with Gasteiger partial charge in [0.05, 0.1) is 5.69 Å². The highest BCUT2D eigenvalue weighted by Crippen LogP contribution is 2.18. The van der Waals surface area contributed by atoms with Gasteiger partial charge in [-0.15, -0.1) is 5.10 Å². The van der Waals surface area contributed by atoms with E-state index in [1.807, 2.05) is 6.07 Å². The summed E-state index contributed by atoms with van der Waals surface area (Å²) in [4.78, 5) is 2.20. The summed E-state index contributed by atoms with van der Waals surface area (Å²) in [5.41, 5.74) is 6.89. The van der Waals surface area contributed by atoms with Crippen LogP contribution in [0.5, 0.6) is 0 Å². The molecule has 1 saturated heterocycles. The fraction of sp³-hybridized carbons (Fsp3) is 0.636. The van der Waals surface area contributed by atoms with Gasteiger partial charge in [0.15, 0.2) is 5.82 Å². The van der Waals surface area contributed by atoms with Crippen LogP contribution in [-0.4, -0.2) is 29.3 Å². The third kappa shape index (κ3) is 2.26. The third-order valence-electron chi connectivity index (χ3n) is 2.81. The Balaban J connectivity index is 2.10. The van der Waals surface area contributed by atoms with E-state index in [2.05, 4.69) is 35.0 Å². The Hall–Kier alpha value is -1.16. The van der Waals surface area contributed by atoms with Gasteiger partial charge in [-0.05, 0) is 24.5 Å². The van der Waals surface area contributed by atoms with E-state index in [1.165, 1.54) is 0 Å². The van der Waals surface area contributed by atoms with Gasteiger partial charge in [-0.2, -0.15) is 5.10 Å². The minimum absolute atomic E-state index is 0.288. The summed E-state index contributed by atoms with van der Waals surface area (Å²) >= 11 is 0. The molecule has 1 unspecified atom stereocenters. The van der Waals surface area contributed by atoms with Crippen molar-refractivity contribution in [3.05, 3.63) is 17.8 Å². The van der Waals surface area contributed by atoms with E-state index in [4.69, 9.17) is 5.73 Å². The summed E-state index contributed by atoms with van der Waals surface area (Å²) in [6, 6.07) is 4.38. The first-order valence-corrected chi connectivity index (χ1v) is 5.51. The summed E-state index contributed by atoms with van der Waals surface area (Å²) in [7, 11) is 0. The van der Waals surface area contributed by atoms with Crippen LogP contribution in [-0.2, 0) is 0 Å². The fourth-order valence-corrected chi connectivity index (χ4v) is 1.81. The Bertz CT molecular complexity index is 320. The number of hydrogen-bond donors (Lipinski definition) is 1. The normalized spacial score (nSPS) is 21.3. The Labute approximate surface area is 90.5 Å². The van der Waals surface area contributed by atoms with Gasteiger partial charge in [0.25, 0.3) is 0 Å². The molecule has 0 bridgehead atoms. The minimum Gasteiger partial charge on any atom is -0.354 e. The molecular weight excluding hydrogens is 188 g/mol. The monoisotopic (exact) mass is 206 g/mol. The topological polar surface area (TPSA) is 55.0 Å². The summed E-state index contributed by atoms with van der Waals surface area (Å²) in [6.45, 7) is 6.14. The Kier molecular flexibility index (Phi) is 2.86. The molecule has 0 aromatic carbocycles. The van der Waals surface area contributed by atoms with E-state index >= 15 is 0 Å². The molecule has 0 saturated carbocycles. The molecule has 2 heterocycles. The highest BCUT2D eigenvalue weighted by atomic mass is 15.3. The van der Waals surface area contributed by atoms with E-state index in [0.29, 0.717) is 5.92 Å². The fourth-order valence-electron chi connectivity index (χ4n) is 1.81. The van der Waals surface area contributed by atoms with Gasteiger partial charge in [-0.1, -0.05) is 13.8 Å². The van der Waals surface area contributed by atoms with Gasteiger partial charge in [-0.3, -0.25) is 0 Å². The molecule has 0 amide bonds. The molecule has 82 valence electrons. The first-order chi connectivity index (χ1) is 7.16. The number of rotatable bonds is 2. The Morgan fingerprint density at radius 3 is 2.67 bits per heavy atom. The van der Waals surface area contributed by atoms with Crippen molar-refractivity contribution in [1.82, 2.24) is 10.2 Å². The molecule has 2 N–H and O–H groups in total. The average molecular weight is 206 g/mol. The molecule has 0 aliphatic carbocycles. The van der Waals surface area contributed by atoms with Gasteiger partial charge in [0, 0.05) is 19.1 Å². The van der Waals surface area contributed by atoms with Crippen LogP contribution in [0.1, 0.15) is 31.9 Å². The molecule has 4 nitrogen and oxygen atoms in total. The van der Waals surface area contributed by atoms with E-state index < -0.39 is 0 Å². The summed E-state index contributed by atoms with van der Waals surface area (Å²) in [6.07, 6.45) is 1.05. The number of anilines is 1. The molecule has 0 radical (unpaired) electrons. The second kappa shape index (κ2) is 4.14. The number of hydrogen-bond acceptors (Lipinski definition) is 4. The van der Waals surface area contributed by atoms with Crippen molar-refractivity contribution in [2.24, 2.45) is 5.73 Å². The van der Waals surface area contributed by atoms with Crippen LogP contribution in [0.4, 0.5) is 5.82 Å². The van der Waals surface area contributed by atoms with Crippen LogP contribution >= 0.6 is 0 Å². The zero-order chi connectivity index (χ0) is 10.8. The van der Waals surface area contributed by atoms with Crippen LogP contribution in [0, 0.1) is 0 Å². The van der Waals surface area contributed by atoms with Gasteiger partial charge in [-0.25, -0.2) is 0 Å². The summed E-state index contributed by atoms with van der Waals surface area (Å²) in [5, 5.41) is 8.45. The lowest BCUT2D eigenvalue weighted by Crippen LogP contribution is -2.27. The van der Waals surface area contributed by atoms with Gasteiger partial charge >= 0.3 is 0 Å². The van der Waals surface area contributed by atoms with Crippen molar-refractivity contribution in [1.29, 1.82) is 0 Å². The zero-order valence-corrected chi connectivity index (χ0v) is 9.35. The maximum atomic E-state index is 5.85. The lowest BCUT2D eigenvalue weighted by Gasteiger charge is -2.16. The molecule has 1 atom stereocenters. The second-order valence-electron chi connectivity index (χ2n) is 4.47. The van der Waals surface area contributed by atoms with Gasteiger partial charge in [0.1, 0.15) is 0 Å². The molecule has 4 heteroatoms. The highest BCUT2D eigenvalue weighted by molar-refractivity contribution is 5.39. The van der Waals surface area contributed by atoms with Crippen molar-refractivity contribution < 1.29 is 0 Å². The molecule has 15 heavy (non-hydrogen) atoms. The van der Waals surface area contributed by atoms with Crippen molar-refractivity contribution in [3.8, 4) is 0 Å². The maximum absolute atomic E-state index is 5.85. The highest BCUT2D eigenvalue weighted by Gasteiger charge is 2.20. The predicted octanol–water partition coefficient (Wildman–Crippen LogP) is 1.14. The first-order valence-electron chi connectivity index (χ1n) is 5.51. The third-order valence-corrected chi connectivity index (χ3v) is 2.81. The molecular formula is C11H18N4. The number of nitrogens with two attached hydrogens (primary N) is 1. The quantitative estimate of drug-likeness (QED) is 0.788. The molecule has 0 spiro atoms. The van der Waals surface area contributed by atoms with Crippen molar-refractivity contribution in [2.75, 3.05) is 18.0 Å².